The molecule has 0 bridgehead atoms. The van der Waals surface area contributed by atoms with Crippen molar-refractivity contribution in [1.29, 1.82) is 0 Å². The van der Waals surface area contributed by atoms with E-state index in [-0.39, 0.29) is 10.8 Å². The first-order valence-corrected chi connectivity index (χ1v) is 8.30. The number of sulfonamides is 1. The minimum absolute atomic E-state index is 0.213. The van der Waals surface area contributed by atoms with Crippen LogP contribution in [-0.4, -0.2) is 8.42 Å². The molecule has 0 aliphatic carbocycles. The van der Waals surface area contributed by atoms with Crippen molar-refractivity contribution in [2.24, 2.45) is 0 Å². The van der Waals surface area contributed by atoms with Gasteiger partial charge in [-0.05, 0) is 36.1 Å². The fourth-order valence-corrected chi connectivity index (χ4v) is 3.27. The van der Waals surface area contributed by atoms with Crippen LogP contribution in [0, 0.1) is 5.82 Å². The number of rotatable bonds is 5. The molecule has 2 aromatic carbocycles. The number of benzene rings is 2. The van der Waals surface area contributed by atoms with E-state index in [2.05, 4.69) is 4.72 Å². The molecular weight excluding hydrogens is 289 g/mol. The van der Waals surface area contributed by atoms with E-state index in [1.807, 2.05) is 26.0 Å². The molecule has 0 amide bonds. The highest BCUT2D eigenvalue weighted by molar-refractivity contribution is 7.92. The maximum Gasteiger partial charge on any atom is 0.264 e. The third-order valence-corrected chi connectivity index (χ3v) is 4.87. The highest BCUT2D eigenvalue weighted by Crippen LogP contribution is 2.28. The molecule has 0 heterocycles. The minimum Gasteiger partial charge on any atom is -0.279 e. The third kappa shape index (κ3) is 3.42. The van der Waals surface area contributed by atoms with Crippen molar-refractivity contribution in [3.05, 3.63) is 59.9 Å². The minimum atomic E-state index is -3.93. The maximum atomic E-state index is 13.7. The van der Waals surface area contributed by atoms with Crippen molar-refractivity contribution in [2.45, 2.75) is 31.1 Å². The molecule has 0 radical (unpaired) electrons. The van der Waals surface area contributed by atoms with Crippen LogP contribution >= 0.6 is 0 Å². The zero-order valence-electron chi connectivity index (χ0n) is 12.0. The van der Waals surface area contributed by atoms with Crippen LogP contribution in [0.1, 0.15) is 31.7 Å². The first-order chi connectivity index (χ1) is 9.95. The van der Waals surface area contributed by atoms with Crippen molar-refractivity contribution >= 4 is 15.7 Å². The van der Waals surface area contributed by atoms with E-state index in [4.69, 9.17) is 0 Å². The van der Waals surface area contributed by atoms with E-state index >= 15 is 0 Å². The summed E-state index contributed by atoms with van der Waals surface area (Å²) in [5, 5.41) is 0. The molecule has 3 nitrogen and oxygen atoms in total. The topological polar surface area (TPSA) is 46.2 Å². The maximum absolute atomic E-state index is 13.7. The molecule has 0 aliphatic heterocycles. The Hall–Kier alpha value is -1.88. The van der Waals surface area contributed by atoms with Gasteiger partial charge in [0.05, 0.1) is 5.69 Å². The van der Waals surface area contributed by atoms with Gasteiger partial charge < -0.3 is 0 Å². The van der Waals surface area contributed by atoms with Crippen molar-refractivity contribution in [2.75, 3.05) is 4.72 Å². The smallest absolute Gasteiger partial charge is 0.264 e. The lowest BCUT2D eigenvalue weighted by Gasteiger charge is -2.16. The van der Waals surface area contributed by atoms with Gasteiger partial charge in [0.25, 0.3) is 10.0 Å². The molecule has 2 aromatic rings. The Morgan fingerprint density at radius 2 is 1.71 bits per heavy atom. The molecule has 21 heavy (non-hydrogen) atoms. The van der Waals surface area contributed by atoms with Gasteiger partial charge in [0.2, 0.25) is 0 Å². The molecule has 5 heteroatoms. The summed E-state index contributed by atoms with van der Waals surface area (Å²) < 4.78 is 40.9. The summed E-state index contributed by atoms with van der Waals surface area (Å²) in [6.07, 6.45) is 0.887. The number of hydrogen-bond acceptors (Lipinski definition) is 2. The lowest BCUT2D eigenvalue weighted by Crippen LogP contribution is -2.16. The number of para-hydroxylation sites is 1. The fourth-order valence-electron chi connectivity index (χ4n) is 2.10. The Morgan fingerprint density at radius 3 is 2.38 bits per heavy atom. The summed E-state index contributed by atoms with van der Waals surface area (Å²) in [7, 11) is -3.93. The number of nitrogens with one attached hydrogen (secondary N) is 1. The molecule has 0 saturated carbocycles. The van der Waals surface area contributed by atoms with Crippen LogP contribution in [0.2, 0.25) is 0 Å². The molecule has 1 atom stereocenters. The van der Waals surface area contributed by atoms with E-state index in [0.29, 0.717) is 5.69 Å². The first-order valence-electron chi connectivity index (χ1n) is 6.82. The lowest BCUT2D eigenvalue weighted by atomic mass is 9.97. The van der Waals surface area contributed by atoms with Crippen molar-refractivity contribution in [3.8, 4) is 0 Å². The van der Waals surface area contributed by atoms with Gasteiger partial charge in [-0.25, -0.2) is 12.8 Å². The van der Waals surface area contributed by atoms with Gasteiger partial charge in [-0.2, -0.15) is 0 Å². The lowest BCUT2D eigenvalue weighted by molar-refractivity contribution is 0.570. The van der Waals surface area contributed by atoms with Gasteiger partial charge in [-0.3, -0.25) is 4.72 Å². The van der Waals surface area contributed by atoms with Crippen LogP contribution in [0.5, 0.6) is 0 Å². The predicted octanol–water partition coefficient (Wildman–Crippen LogP) is 4.14. The first kappa shape index (κ1) is 15.5. The average Bonchev–Trinajstić information content (AvgIpc) is 2.47. The standard InChI is InChI=1S/C16H18FNO2S/c1-3-12(2)13-8-4-6-10-15(13)18-21(19,20)16-11-7-5-9-14(16)17/h4-12,18H,3H2,1-2H3/t12-/m1/s1. The van der Waals surface area contributed by atoms with Crippen LogP contribution < -0.4 is 4.72 Å². The summed E-state index contributed by atoms with van der Waals surface area (Å²) >= 11 is 0. The van der Waals surface area contributed by atoms with Crippen molar-refractivity contribution < 1.29 is 12.8 Å². The highest BCUT2D eigenvalue weighted by atomic mass is 32.2. The van der Waals surface area contributed by atoms with E-state index < -0.39 is 15.8 Å². The zero-order valence-corrected chi connectivity index (χ0v) is 12.8. The number of anilines is 1. The molecule has 1 N–H and O–H groups in total. The normalized spacial score (nSPS) is 12.9. The SMILES string of the molecule is CC[C@@H](C)c1ccccc1NS(=O)(=O)c1ccccc1F. The third-order valence-electron chi connectivity index (χ3n) is 3.47. The second-order valence-corrected chi connectivity index (χ2v) is 6.58. The molecule has 0 saturated heterocycles. The van der Waals surface area contributed by atoms with Crippen molar-refractivity contribution in [3.63, 3.8) is 0 Å². The van der Waals surface area contributed by atoms with Crippen LogP contribution in [0.25, 0.3) is 0 Å². The monoisotopic (exact) mass is 307 g/mol. The Balaban J connectivity index is 2.41. The highest BCUT2D eigenvalue weighted by Gasteiger charge is 2.20. The van der Waals surface area contributed by atoms with E-state index in [1.54, 1.807) is 12.1 Å². The van der Waals surface area contributed by atoms with Crippen LogP contribution in [0.4, 0.5) is 10.1 Å². The molecule has 0 aromatic heterocycles. The summed E-state index contributed by atoms with van der Waals surface area (Å²) in [5.41, 5.74) is 1.40. The predicted molar refractivity (Wildman–Crippen MR) is 82.4 cm³/mol. The molecule has 0 unspecified atom stereocenters. The second kappa shape index (κ2) is 6.26. The molecular formula is C16H18FNO2S. The Kier molecular flexibility index (Phi) is 4.63. The molecule has 0 spiro atoms. The van der Waals surface area contributed by atoms with Gasteiger partial charge in [0, 0.05) is 0 Å². The second-order valence-electron chi connectivity index (χ2n) is 4.93. The Morgan fingerprint density at radius 1 is 1.10 bits per heavy atom. The van der Waals surface area contributed by atoms with Gasteiger partial charge in [0.1, 0.15) is 10.7 Å². The van der Waals surface area contributed by atoms with E-state index in [1.165, 1.54) is 18.2 Å². The zero-order chi connectivity index (χ0) is 15.5. The average molecular weight is 307 g/mol. The Labute approximate surface area is 124 Å². The largest absolute Gasteiger partial charge is 0.279 e. The van der Waals surface area contributed by atoms with Gasteiger partial charge in [0.15, 0.2) is 0 Å². The van der Waals surface area contributed by atoms with Crippen molar-refractivity contribution in [1.82, 2.24) is 0 Å². The molecule has 0 aliphatic rings. The fraction of sp³-hybridized carbons (Fsp3) is 0.250. The van der Waals surface area contributed by atoms with Gasteiger partial charge >= 0.3 is 0 Å². The Bertz CT molecular complexity index is 729. The van der Waals surface area contributed by atoms with Crippen LogP contribution in [-0.2, 0) is 10.0 Å². The van der Waals surface area contributed by atoms with E-state index in [0.717, 1.165) is 18.1 Å². The molecule has 2 rings (SSSR count). The molecule has 112 valence electrons. The summed E-state index contributed by atoms with van der Waals surface area (Å²) in [5.74, 6) is -0.546. The number of halogens is 1. The van der Waals surface area contributed by atoms with Crippen LogP contribution in [0.3, 0.4) is 0 Å². The summed E-state index contributed by atoms with van der Waals surface area (Å²) in [6, 6.07) is 12.5. The molecule has 0 fully saturated rings. The van der Waals surface area contributed by atoms with Gasteiger partial charge in [-0.1, -0.05) is 44.2 Å². The van der Waals surface area contributed by atoms with Gasteiger partial charge in [-0.15, -0.1) is 0 Å². The summed E-state index contributed by atoms with van der Waals surface area (Å²) in [6.45, 7) is 4.06. The van der Waals surface area contributed by atoms with E-state index in [9.17, 15) is 12.8 Å². The number of hydrogen-bond donors (Lipinski definition) is 1. The summed E-state index contributed by atoms with van der Waals surface area (Å²) in [4.78, 5) is -0.344. The van der Waals surface area contributed by atoms with Crippen LogP contribution in [0.15, 0.2) is 53.4 Å². The quantitative estimate of drug-likeness (QED) is 0.902.